The number of rotatable bonds is 6. The van der Waals surface area contributed by atoms with Crippen molar-refractivity contribution in [1.29, 1.82) is 0 Å². The van der Waals surface area contributed by atoms with E-state index in [1.807, 2.05) is 31.2 Å². The lowest BCUT2D eigenvalue weighted by molar-refractivity contribution is -0.129. The lowest BCUT2D eigenvalue weighted by Crippen LogP contribution is -2.35. The van der Waals surface area contributed by atoms with Gasteiger partial charge in [-0.15, -0.1) is 0 Å². The number of para-hydroxylation sites is 1. The number of carbonyl (C=O) groups is 2. The molecule has 0 radical (unpaired) electrons. The molecule has 2 amide bonds. The second kappa shape index (κ2) is 7.55. The van der Waals surface area contributed by atoms with E-state index in [0.717, 1.165) is 5.56 Å². The van der Waals surface area contributed by atoms with Crippen LogP contribution < -0.4 is 10.1 Å². The first-order valence-corrected chi connectivity index (χ1v) is 8.54. The van der Waals surface area contributed by atoms with Crippen LogP contribution in [-0.4, -0.2) is 40.5 Å². The molecule has 2 atom stereocenters. The van der Waals surface area contributed by atoms with Crippen LogP contribution in [-0.2, 0) is 16.1 Å². The van der Waals surface area contributed by atoms with Crippen LogP contribution in [0.2, 0.25) is 0 Å². The number of carbonyl (C=O) groups excluding carboxylic acids is 2. The topological polar surface area (TPSA) is 97.6 Å². The summed E-state index contributed by atoms with van der Waals surface area (Å²) in [5, 5.41) is 6.50. The summed E-state index contributed by atoms with van der Waals surface area (Å²) in [5.41, 5.74) is 0.830. The number of aromatic nitrogens is 2. The summed E-state index contributed by atoms with van der Waals surface area (Å²) in [6.45, 7) is 4.27. The molecule has 3 rings (SSSR count). The van der Waals surface area contributed by atoms with Gasteiger partial charge in [0.15, 0.2) is 5.82 Å². The van der Waals surface area contributed by atoms with E-state index in [1.165, 1.54) is 0 Å². The Balaban J connectivity index is 1.83. The molecule has 0 unspecified atom stereocenters. The Bertz CT molecular complexity index is 804. The Morgan fingerprint density at radius 3 is 2.85 bits per heavy atom. The summed E-state index contributed by atoms with van der Waals surface area (Å²) >= 11 is 0. The lowest BCUT2D eigenvalue weighted by Gasteiger charge is -2.28. The van der Waals surface area contributed by atoms with E-state index >= 15 is 0 Å². The van der Waals surface area contributed by atoms with Crippen molar-refractivity contribution in [3.05, 3.63) is 41.5 Å². The molecule has 26 heavy (non-hydrogen) atoms. The molecule has 0 spiro atoms. The number of ether oxygens (including phenoxy) is 1. The van der Waals surface area contributed by atoms with Gasteiger partial charge in [0.2, 0.25) is 17.7 Å². The van der Waals surface area contributed by atoms with Crippen LogP contribution in [0.3, 0.4) is 0 Å². The average molecular weight is 358 g/mol. The number of methoxy groups -OCH3 is 1. The van der Waals surface area contributed by atoms with Crippen molar-refractivity contribution in [2.24, 2.45) is 5.92 Å². The number of hydrogen-bond acceptors (Lipinski definition) is 6. The van der Waals surface area contributed by atoms with Gasteiger partial charge in [-0.1, -0.05) is 23.4 Å². The van der Waals surface area contributed by atoms with Crippen LogP contribution in [0.25, 0.3) is 0 Å². The highest BCUT2D eigenvalue weighted by atomic mass is 16.5. The van der Waals surface area contributed by atoms with Crippen LogP contribution in [0.1, 0.15) is 36.7 Å². The standard InChI is InChI=1S/C18H22N4O4/c1-4-22-16(23)9-13(17(22)12-7-5-6-8-14(12)25-3)18(24)19-10-15-20-11(2)21-26-15/h5-8,13,17H,4,9-10H2,1-3H3,(H,19,24)/t13-,17+/m1/s1. The van der Waals surface area contributed by atoms with Gasteiger partial charge >= 0.3 is 0 Å². The minimum Gasteiger partial charge on any atom is -0.496 e. The Hall–Kier alpha value is -2.90. The van der Waals surface area contributed by atoms with Gasteiger partial charge < -0.3 is 19.5 Å². The van der Waals surface area contributed by atoms with Crippen LogP contribution in [0.5, 0.6) is 5.75 Å². The molecule has 2 heterocycles. The molecule has 1 aromatic heterocycles. The molecular formula is C18H22N4O4. The zero-order valence-electron chi connectivity index (χ0n) is 15.1. The zero-order chi connectivity index (χ0) is 18.7. The summed E-state index contributed by atoms with van der Waals surface area (Å²) in [6, 6.07) is 7.11. The van der Waals surface area contributed by atoms with Crippen molar-refractivity contribution in [1.82, 2.24) is 20.4 Å². The molecule has 1 aromatic carbocycles. The third kappa shape index (κ3) is 3.40. The molecule has 8 nitrogen and oxygen atoms in total. The average Bonchev–Trinajstić information content (AvgIpc) is 3.22. The summed E-state index contributed by atoms with van der Waals surface area (Å²) in [6.07, 6.45) is 0.158. The van der Waals surface area contributed by atoms with Crippen LogP contribution in [0, 0.1) is 12.8 Å². The van der Waals surface area contributed by atoms with Crippen molar-refractivity contribution in [3.63, 3.8) is 0 Å². The molecule has 1 saturated heterocycles. The number of benzene rings is 1. The number of nitrogens with zero attached hydrogens (tertiary/aromatic N) is 3. The van der Waals surface area contributed by atoms with Crippen LogP contribution in [0.4, 0.5) is 0 Å². The fourth-order valence-electron chi connectivity index (χ4n) is 3.40. The number of amides is 2. The van der Waals surface area contributed by atoms with Crippen LogP contribution >= 0.6 is 0 Å². The number of likely N-dealkylation sites (tertiary alicyclic amines) is 1. The molecule has 138 valence electrons. The molecule has 1 aliphatic rings. The highest BCUT2D eigenvalue weighted by molar-refractivity contribution is 5.90. The van der Waals surface area contributed by atoms with Gasteiger partial charge in [0, 0.05) is 18.5 Å². The maximum absolute atomic E-state index is 12.8. The lowest BCUT2D eigenvalue weighted by atomic mass is 9.92. The molecule has 1 fully saturated rings. The van der Waals surface area contributed by atoms with Crippen molar-refractivity contribution in [2.75, 3.05) is 13.7 Å². The molecule has 8 heteroatoms. The van der Waals surface area contributed by atoms with Gasteiger partial charge in [0.1, 0.15) is 5.75 Å². The Morgan fingerprint density at radius 2 is 2.19 bits per heavy atom. The van der Waals surface area contributed by atoms with Gasteiger partial charge in [-0.3, -0.25) is 9.59 Å². The second-order valence-corrected chi connectivity index (χ2v) is 6.13. The number of hydrogen-bond donors (Lipinski definition) is 1. The van der Waals surface area contributed by atoms with E-state index in [2.05, 4.69) is 15.5 Å². The molecule has 1 N–H and O–H groups in total. The summed E-state index contributed by atoms with van der Waals surface area (Å²) in [7, 11) is 1.58. The van der Waals surface area contributed by atoms with Gasteiger partial charge in [-0.05, 0) is 19.9 Å². The predicted octanol–water partition coefficient (Wildman–Crippen LogP) is 1.61. The van der Waals surface area contributed by atoms with E-state index < -0.39 is 5.92 Å². The normalized spacial score (nSPS) is 19.7. The summed E-state index contributed by atoms with van der Waals surface area (Å²) in [4.78, 5) is 31.0. The molecule has 0 bridgehead atoms. The first-order chi connectivity index (χ1) is 12.5. The van der Waals surface area contributed by atoms with Crippen molar-refractivity contribution < 1.29 is 18.8 Å². The van der Waals surface area contributed by atoms with E-state index in [9.17, 15) is 9.59 Å². The van der Waals surface area contributed by atoms with Crippen LogP contribution in [0.15, 0.2) is 28.8 Å². The van der Waals surface area contributed by atoms with Gasteiger partial charge in [0.25, 0.3) is 0 Å². The first kappa shape index (κ1) is 17.9. The molecule has 0 aliphatic carbocycles. The fourth-order valence-corrected chi connectivity index (χ4v) is 3.40. The SMILES string of the molecule is CCN1C(=O)C[C@@H](C(=O)NCc2nc(C)no2)[C@@H]1c1ccccc1OC. The fraction of sp³-hybridized carbons (Fsp3) is 0.444. The monoisotopic (exact) mass is 358 g/mol. The summed E-state index contributed by atoms with van der Waals surface area (Å²) in [5.74, 6) is 0.729. The Morgan fingerprint density at radius 1 is 1.42 bits per heavy atom. The van der Waals surface area contributed by atoms with E-state index in [-0.39, 0.29) is 30.8 Å². The van der Waals surface area contributed by atoms with E-state index in [0.29, 0.717) is 24.0 Å². The number of aryl methyl sites for hydroxylation is 1. The predicted molar refractivity (Wildman–Crippen MR) is 92.1 cm³/mol. The van der Waals surface area contributed by atoms with Gasteiger partial charge in [-0.25, -0.2) is 0 Å². The van der Waals surface area contributed by atoms with Crippen molar-refractivity contribution in [2.45, 2.75) is 32.9 Å². The zero-order valence-corrected chi connectivity index (χ0v) is 15.1. The Labute approximate surface area is 151 Å². The van der Waals surface area contributed by atoms with E-state index in [1.54, 1.807) is 18.9 Å². The maximum atomic E-state index is 12.8. The Kier molecular flexibility index (Phi) is 5.20. The molecular weight excluding hydrogens is 336 g/mol. The third-order valence-corrected chi connectivity index (χ3v) is 4.55. The largest absolute Gasteiger partial charge is 0.496 e. The first-order valence-electron chi connectivity index (χ1n) is 8.54. The minimum absolute atomic E-state index is 0.0443. The van der Waals surface area contributed by atoms with Gasteiger partial charge in [0.05, 0.1) is 25.6 Å². The molecule has 0 saturated carbocycles. The number of nitrogens with one attached hydrogen (secondary N) is 1. The van der Waals surface area contributed by atoms with Gasteiger partial charge in [-0.2, -0.15) is 4.98 Å². The smallest absolute Gasteiger partial charge is 0.246 e. The third-order valence-electron chi connectivity index (χ3n) is 4.55. The molecule has 2 aromatic rings. The highest BCUT2D eigenvalue weighted by Crippen LogP contribution is 2.41. The quantitative estimate of drug-likeness (QED) is 0.842. The highest BCUT2D eigenvalue weighted by Gasteiger charge is 2.44. The van der Waals surface area contributed by atoms with Crippen molar-refractivity contribution in [3.8, 4) is 5.75 Å². The maximum Gasteiger partial charge on any atom is 0.246 e. The minimum atomic E-state index is -0.511. The van der Waals surface area contributed by atoms with Crippen molar-refractivity contribution >= 4 is 11.8 Å². The molecule has 1 aliphatic heterocycles. The second-order valence-electron chi connectivity index (χ2n) is 6.13. The van der Waals surface area contributed by atoms with E-state index in [4.69, 9.17) is 9.26 Å². The summed E-state index contributed by atoms with van der Waals surface area (Å²) < 4.78 is 10.5.